The van der Waals surface area contributed by atoms with E-state index in [2.05, 4.69) is 4.98 Å². The van der Waals surface area contributed by atoms with Crippen molar-refractivity contribution in [3.63, 3.8) is 0 Å². The number of rotatable bonds is 2. The number of H-pyrrole nitrogens is 1. The zero-order chi connectivity index (χ0) is 15.5. The van der Waals surface area contributed by atoms with E-state index in [1.165, 1.54) is 0 Å². The molecule has 2 fully saturated rings. The maximum atomic E-state index is 12.1. The van der Waals surface area contributed by atoms with Gasteiger partial charge in [0.25, 0.3) is 0 Å². The molecule has 4 atom stereocenters. The average molecular weight is 305 g/mol. The van der Waals surface area contributed by atoms with Gasteiger partial charge < -0.3 is 29.8 Å². The van der Waals surface area contributed by atoms with Crippen LogP contribution >= 0.6 is 0 Å². The van der Waals surface area contributed by atoms with Gasteiger partial charge in [0, 0.05) is 23.5 Å². The molecule has 22 heavy (non-hydrogen) atoms. The van der Waals surface area contributed by atoms with Crippen LogP contribution in [-0.4, -0.2) is 56.5 Å². The van der Waals surface area contributed by atoms with Crippen LogP contribution in [0.2, 0.25) is 0 Å². The molecule has 4 N–H and O–H groups in total. The molecule has 2 aliphatic rings. The van der Waals surface area contributed by atoms with Crippen molar-refractivity contribution in [1.82, 2.24) is 4.98 Å². The summed E-state index contributed by atoms with van der Waals surface area (Å²) in [6, 6.07) is 7.41. The van der Waals surface area contributed by atoms with Gasteiger partial charge in [-0.2, -0.15) is 0 Å². The number of carbonyl (C=O) groups is 1. The Labute approximate surface area is 125 Å². The van der Waals surface area contributed by atoms with E-state index in [1.807, 2.05) is 24.3 Å². The topological polar surface area (TPSA) is 112 Å². The Hall–Kier alpha value is -1.93. The zero-order valence-electron chi connectivity index (χ0n) is 11.5. The van der Waals surface area contributed by atoms with Crippen LogP contribution in [0.5, 0.6) is 0 Å². The second-order valence-electron chi connectivity index (χ2n) is 5.80. The second-order valence-corrected chi connectivity index (χ2v) is 5.80. The molecule has 4 rings (SSSR count). The first-order valence-corrected chi connectivity index (χ1v) is 6.98. The molecule has 0 bridgehead atoms. The molecule has 2 aliphatic heterocycles. The van der Waals surface area contributed by atoms with E-state index in [0.29, 0.717) is 5.56 Å². The maximum Gasteiger partial charge on any atom is 0.344 e. The average Bonchev–Trinajstić information content (AvgIpc) is 3.09. The van der Waals surface area contributed by atoms with Crippen LogP contribution in [0.4, 0.5) is 0 Å². The summed E-state index contributed by atoms with van der Waals surface area (Å²) in [4.78, 5) is 15.1. The smallest absolute Gasteiger partial charge is 0.344 e. The molecule has 0 radical (unpaired) electrons. The minimum Gasteiger partial charge on any atom is -0.451 e. The maximum absolute atomic E-state index is 12.1. The minimum absolute atomic E-state index is 0.185. The first-order chi connectivity index (χ1) is 10.5. The van der Waals surface area contributed by atoms with E-state index in [0.717, 1.165) is 10.9 Å². The molecule has 116 valence electrons. The number of ether oxygens (including phenoxy) is 2. The highest BCUT2D eigenvalue weighted by atomic mass is 16.7. The Balaban J connectivity index is 1.76. The van der Waals surface area contributed by atoms with E-state index < -0.39 is 29.6 Å². The highest BCUT2D eigenvalue weighted by Crippen LogP contribution is 2.45. The van der Waals surface area contributed by atoms with Crippen molar-refractivity contribution in [3.05, 3.63) is 36.0 Å². The molecule has 1 aromatic carbocycles. The van der Waals surface area contributed by atoms with E-state index in [-0.39, 0.29) is 13.0 Å². The SMILES string of the molecule is O=C1O[C@@H]2[C@@H](O)CO[C@]2(O)[C@]1(O)Cc1c[nH]c2ccccc12. The number of aliphatic hydroxyl groups is 3. The summed E-state index contributed by atoms with van der Waals surface area (Å²) in [6.45, 7) is -0.204. The predicted octanol–water partition coefficient (Wildman–Crippen LogP) is -0.553. The monoisotopic (exact) mass is 305 g/mol. The Bertz CT molecular complexity index is 757. The van der Waals surface area contributed by atoms with E-state index in [4.69, 9.17) is 9.47 Å². The largest absolute Gasteiger partial charge is 0.451 e. The zero-order valence-corrected chi connectivity index (χ0v) is 11.5. The first-order valence-electron chi connectivity index (χ1n) is 6.98. The molecular formula is C15H15NO6. The first kappa shape index (κ1) is 13.7. The Morgan fingerprint density at radius 3 is 2.91 bits per heavy atom. The molecule has 2 aromatic rings. The summed E-state index contributed by atoms with van der Waals surface area (Å²) in [5.41, 5.74) is -0.766. The number of hydrogen-bond donors (Lipinski definition) is 4. The number of hydrogen-bond acceptors (Lipinski definition) is 6. The summed E-state index contributed by atoms with van der Waals surface area (Å²) < 4.78 is 10.1. The van der Waals surface area contributed by atoms with Crippen LogP contribution in [-0.2, 0) is 20.7 Å². The van der Waals surface area contributed by atoms with Gasteiger partial charge >= 0.3 is 5.97 Å². The number of aromatic nitrogens is 1. The normalized spacial score (nSPS) is 37.5. The fourth-order valence-electron chi connectivity index (χ4n) is 3.27. The fourth-order valence-corrected chi connectivity index (χ4v) is 3.27. The van der Waals surface area contributed by atoms with Crippen molar-refractivity contribution >= 4 is 16.9 Å². The third-order valence-electron chi connectivity index (χ3n) is 4.49. The fraction of sp³-hybridized carbons (Fsp3) is 0.400. The van der Waals surface area contributed by atoms with Gasteiger partial charge in [0.1, 0.15) is 6.10 Å². The van der Waals surface area contributed by atoms with Crippen molar-refractivity contribution in [2.45, 2.75) is 30.0 Å². The molecule has 2 saturated heterocycles. The number of fused-ring (bicyclic) bond motifs is 2. The Kier molecular flexibility index (Phi) is 2.68. The molecule has 0 saturated carbocycles. The highest BCUT2D eigenvalue weighted by molar-refractivity contribution is 5.87. The number of esters is 1. The predicted molar refractivity (Wildman–Crippen MR) is 73.7 cm³/mol. The third-order valence-corrected chi connectivity index (χ3v) is 4.49. The van der Waals surface area contributed by atoms with Gasteiger partial charge in [-0.3, -0.25) is 0 Å². The molecular weight excluding hydrogens is 290 g/mol. The molecule has 0 aliphatic carbocycles. The van der Waals surface area contributed by atoms with Crippen LogP contribution in [0.15, 0.2) is 30.5 Å². The van der Waals surface area contributed by atoms with Crippen LogP contribution < -0.4 is 0 Å². The number of aliphatic hydroxyl groups excluding tert-OH is 1. The van der Waals surface area contributed by atoms with Gasteiger partial charge in [-0.1, -0.05) is 18.2 Å². The Morgan fingerprint density at radius 2 is 2.09 bits per heavy atom. The summed E-state index contributed by atoms with van der Waals surface area (Å²) in [5, 5.41) is 31.9. The number of nitrogens with one attached hydrogen (secondary N) is 1. The van der Waals surface area contributed by atoms with Crippen molar-refractivity contribution in [3.8, 4) is 0 Å². The lowest BCUT2D eigenvalue weighted by molar-refractivity contribution is -0.262. The lowest BCUT2D eigenvalue weighted by Gasteiger charge is -2.31. The summed E-state index contributed by atoms with van der Waals surface area (Å²) in [7, 11) is 0. The Morgan fingerprint density at radius 1 is 1.32 bits per heavy atom. The van der Waals surface area contributed by atoms with Gasteiger partial charge in [-0.25, -0.2) is 4.79 Å². The van der Waals surface area contributed by atoms with E-state index >= 15 is 0 Å². The van der Waals surface area contributed by atoms with Crippen molar-refractivity contribution < 1.29 is 29.6 Å². The summed E-state index contributed by atoms with van der Waals surface area (Å²) in [5.74, 6) is -3.24. The molecule has 3 heterocycles. The van der Waals surface area contributed by atoms with Crippen molar-refractivity contribution in [1.29, 1.82) is 0 Å². The van der Waals surface area contributed by atoms with Gasteiger partial charge in [0.2, 0.25) is 11.4 Å². The number of para-hydroxylation sites is 1. The van der Waals surface area contributed by atoms with Gasteiger partial charge in [-0.15, -0.1) is 0 Å². The molecule has 0 unspecified atom stereocenters. The van der Waals surface area contributed by atoms with Crippen LogP contribution in [0.25, 0.3) is 10.9 Å². The number of carbonyl (C=O) groups excluding carboxylic acids is 1. The molecule has 1 aromatic heterocycles. The van der Waals surface area contributed by atoms with Gasteiger partial charge in [0.05, 0.1) is 6.61 Å². The van der Waals surface area contributed by atoms with Gasteiger partial charge in [-0.05, 0) is 11.6 Å². The summed E-state index contributed by atoms with van der Waals surface area (Å²) in [6.07, 6.45) is -0.964. The minimum atomic E-state index is -2.26. The quantitative estimate of drug-likeness (QED) is 0.554. The van der Waals surface area contributed by atoms with E-state index in [9.17, 15) is 20.1 Å². The van der Waals surface area contributed by atoms with Gasteiger partial charge in [0.15, 0.2) is 6.10 Å². The van der Waals surface area contributed by atoms with Crippen molar-refractivity contribution in [2.24, 2.45) is 0 Å². The molecule has 7 heteroatoms. The molecule has 0 spiro atoms. The highest BCUT2D eigenvalue weighted by Gasteiger charge is 2.73. The van der Waals surface area contributed by atoms with Crippen molar-refractivity contribution in [2.75, 3.05) is 6.61 Å². The number of benzene rings is 1. The van der Waals surface area contributed by atoms with Crippen LogP contribution in [0.3, 0.4) is 0 Å². The summed E-state index contributed by atoms with van der Waals surface area (Å²) >= 11 is 0. The van der Waals surface area contributed by atoms with Crippen LogP contribution in [0.1, 0.15) is 5.56 Å². The lowest BCUT2D eigenvalue weighted by Crippen LogP contribution is -2.59. The molecule has 0 amide bonds. The lowest BCUT2D eigenvalue weighted by atomic mass is 9.85. The molecule has 7 nitrogen and oxygen atoms in total. The number of aromatic amines is 1. The third kappa shape index (κ3) is 1.56. The van der Waals surface area contributed by atoms with Crippen LogP contribution in [0, 0.1) is 0 Å². The second kappa shape index (κ2) is 4.30. The van der Waals surface area contributed by atoms with E-state index in [1.54, 1.807) is 6.20 Å². The standard InChI is InChI=1S/C15H15NO6/c17-11-7-21-15(20)12(11)22-13(18)14(15,19)5-8-6-16-10-4-2-1-3-9(8)10/h1-4,6,11-12,16-17,19-20H,5,7H2/t11-,12+,14-,15-/m0/s1.